The Hall–Kier alpha value is -0.803. The smallest absolute Gasteiger partial charge is 0.236 e. The lowest BCUT2D eigenvalue weighted by Crippen LogP contribution is -2.16. The lowest BCUT2D eigenvalue weighted by molar-refractivity contribution is 0.303. The zero-order chi connectivity index (χ0) is 12.9. The van der Waals surface area contributed by atoms with Crippen LogP contribution in [0.25, 0.3) is 0 Å². The van der Waals surface area contributed by atoms with Gasteiger partial charge < -0.3 is 10.2 Å². The van der Waals surface area contributed by atoms with Crippen molar-refractivity contribution in [3.05, 3.63) is 29.3 Å². The van der Waals surface area contributed by atoms with Crippen molar-refractivity contribution >= 4 is 15.5 Å². The first-order valence-electron chi connectivity index (χ1n) is 6.18. The van der Waals surface area contributed by atoms with Crippen molar-refractivity contribution in [1.82, 2.24) is 0 Å². The van der Waals surface area contributed by atoms with Gasteiger partial charge in [-0.3, -0.25) is 0 Å². The average molecular weight is 249 g/mol. The first-order chi connectivity index (χ1) is 7.94. The Labute approximate surface area is 108 Å². The quantitative estimate of drug-likeness (QED) is 0.616. The molecule has 0 fully saturated rings. The molecule has 0 aliphatic heterocycles. The molecule has 1 aromatic rings. The van der Waals surface area contributed by atoms with Crippen LogP contribution in [0, 0.1) is 6.92 Å². The molecule has 0 amide bonds. The van der Waals surface area contributed by atoms with Gasteiger partial charge in [-0.15, -0.1) is 0 Å². The maximum Gasteiger partial charge on any atom is 0.236 e. The van der Waals surface area contributed by atoms with Gasteiger partial charge in [-0.2, -0.15) is 0 Å². The number of hydrogen-bond acceptors (Lipinski definition) is 2. The van der Waals surface area contributed by atoms with Crippen LogP contribution in [0.5, 0.6) is 0 Å². The summed E-state index contributed by atoms with van der Waals surface area (Å²) in [6.07, 6.45) is 2.42. The third-order valence-corrected chi connectivity index (χ3v) is 3.90. The monoisotopic (exact) mass is 249 g/mol. The predicted octanol–water partition coefficient (Wildman–Crippen LogP) is 3.71. The molecule has 1 rings (SSSR count). The van der Waals surface area contributed by atoms with E-state index >= 15 is 0 Å². The number of hydrogen-bond donors (Lipinski definition) is 1. The van der Waals surface area contributed by atoms with E-state index in [0.717, 1.165) is 16.8 Å². The first kappa shape index (κ1) is 14.3. The molecule has 94 valence electrons. The van der Waals surface area contributed by atoms with Gasteiger partial charge in [-0.1, -0.05) is 39.3 Å². The van der Waals surface area contributed by atoms with Gasteiger partial charge in [-0.05, 0) is 35.6 Å². The van der Waals surface area contributed by atoms with E-state index in [-0.39, 0.29) is 0 Å². The van der Waals surface area contributed by atoms with E-state index in [1.54, 1.807) is 0 Å². The summed E-state index contributed by atoms with van der Waals surface area (Å²) in [6.45, 7) is 9.42. The number of rotatable bonds is 6. The van der Waals surface area contributed by atoms with Crippen molar-refractivity contribution in [3.8, 4) is 0 Å². The van der Waals surface area contributed by atoms with Gasteiger partial charge in [0, 0.05) is 5.69 Å². The number of aryl methyl sites for hydroxylation is 1. The van der Waals surface area contributed by atoms with Crippen molar-refractivity contribution in [2.24, 2.45) is 0 Å². The minimum atomic E-state index is 0.297. The summed E-state index contributed by atoms with van der Waals surface area (Å²) < 4.78 is 5.80. The fourth-order valence-corrected chi connectivity index (χ4v) is 2.75. The molecular formula is C14H23NOSi. The van der Waals surface area contributed by atoms with Gasteiger partial charge in [0.05, 0.1) is 6.61 Å². The maximum atomic E-state index is 5.87. The standard InChI is InChI=1S/C14H23NOSi/c1-5-8-14(3,4)17-16-10-12-7-6-11(2)13(15)9-12/h6-7,9H,5,8,10,15H2,1-4H3. The topological polar surface area (TPSA) is 35.2 Å². The molecule has 0 atom stereocenters. The Morgan fingerprint density at radius 1 is 1.35 bits per heavy atom. The largest absolute Gasteiger partial charge is 0.413 e. The van der Waals surface area contributed by atoms with Gasteiger partial charge in [0.2, 0.25) is 9.76 Å². The summed E-state index contributed by atoms with van der Waals surface area (Å²) >= 11 is 0. The van der Waals surface area contributed by atoms with Crippen LogP contribution < -0.4 is 5.73 Å². The van der Waals surface area contributed by atoms with Crippen LogP contribution >= 0.6 is 0 Å². The number of nitrogens with two attached hydrogens (primary N) is 1. The fourth-order valence-electron chi connectivity index (χ4n) is 1.77. The van der Waals surface area contributed by atoms with Crippen LogP contribution in [-0.2, 0) is 11.0 Å². The predicted molar refractivity (Wildman–Crippen MR) is 75.1 cm³/mol. The normalized spacial score (nSPS) is 11.8. The van der Waals surface area contributed by atoms with Crippen LogP contribution in [0.4, 0.5) is 5.69 Å². The van der Waals surface area contributed by atoms with Gasteiger partial charge in [-0.25, -0.2) is 0 Å². The Morgan fingerprint density at radius 2 is 2.06 bits per heavy atom. The highest BCUT2D eigenvalue weighted by atomic mass is 28.2. The van der Waals surface area contributed by atoms with E-state index in [1.165, 1.54) is 12.8 Å². The molecule has 2 nitrogen and oxygen atoms in total. The zero-order valence-corrected chi connectivity index (χ0v) is 12.3. The first-order valence-corrected chi connectivity index (χ1v) is 7.09. The summed E-state index contributed by atoms with van der Waals surface area (Å²) in [6, 6.07) is 6.14. The maximum absolute atomic E-state index is 5.87. The average Bonchev–Trinajstić information content (AvgIpc) is 2.23. The van der Waals surface area contributed by atoms with Crippen molar-refractivity contribution in [3.63, 3.8) is 0 Å². The molecule has 3 heteroatoms. The molecule has 0 spiro atoms. The third kappa shape index (κ3) is 4.92. The third-order valence-electron chi connectivity index (χ3n) is 2.81. The van der Waals surface area contributed by atoms with Crippen LogP contribution in [0.3, 0.4) is 0 Å². The summed E-state index contributed by atoms with van der Waals surface area (Å²) in [4.78, 5) is 0. The number of nitrogen functional groups attached to an aromatic ring is 1. The summed E-state index contributed by atoms with van der Waals surface area (Å²) in [5.74, 6) is 0. The summed E-state index contributed by atoms with van der Waals surface area (Å²) in [7, 11) is 0.545. The van der Waals surface area contributed by atoms with Gasteiger partial charge >= 0.3 is 0 Å². The fraction of sp³-hybridized carbons (Fsp3) is 0.571. The highest BCUT2D eigenvalue weighted by Gasteiger charge is 2.19. The van der Waals surface area contributed by atoms with Crippen molar-refractivity contribution in [2.75, 3.05) is 5.73 Å². The van der Waals surface area contributed by atoms with Crippen LogP contribution in [0.2, 0.25) is 5.04 Å². The minimum Gasteiger partial charge on any atom is -0.413 e. The summed E-state index contributed by atoms with van der Waals surface area (Å²) in [5, 5.41) is 0.297. The van der Waals surface area contributed by atoms with E-state index in [1.807, 2.05) is 19.1 Å². The van der Waals surface area contributed by atoms with Crippen LogP contribution in [0.1, 0.15) is 44.7 Å². The van der Waals surface area contributed by atoms with E-state index in [0.29, 0.717) is 21.4 Å². The molecular weight excluding hydrogens is 226 g/mol. The molecule has 0 saturated carbocycles. The molecule has 0 bridgehead atoms. The van der Waals surface area contributed by atoms with Crippen LogP contribution in [0.15, 0.2) is 18.2 Å². The van der Waals surface area contributed by atoms with E-state index in [4.69, 9.17) is 10.2 Å². The number of benzene rings is 1. The van der Waals surface area contributed by atoms with Crippen molar-refractivity contribution in [2.45, 2.75) is 52.2 Å². The van der Waals surface area contributed by atoms with Crippen molar-refractivity contribution < 1.29 is 4.43 Å². The Morgan fingerprint density at radius 3 is 2.65 bits per heavy atom. The highest BCUT2D eigenvalue weighted by Crippen LogP contribution is 2.29. The van der Waals surface area contributed by atoms with Gasteiger partial charge in [0.15, 0.2) is 0 Å². The van der Waals surface area contributed by atoms with E-state index < -0.39 is 0 Å². The molecule has 0 unspecified atom stereocenters. The van der Waals surface area contributed by atoms with Crippen LogP contribution in [-0.4, -0.2) is 9.76 Å². The Kier molecular flexibility index (Phi) is 5.21. The van der Waals surface area contributed by atoms with E-state index in [9.17, 15) is 0 Å². The second kappa shape index (κ2) is 6.22. The molecule has 0 aliphatic carbocycles. The Bertz CT molecular complexity index is 363. The lowest BCUT2D eigenvalue weighted by atomic mass is 10.1. The second-order valence-corrected chi connectivity index (χ2v) is 7.06. The molecule has 0 heterocycles. The molecule has 0 saturated heterocycles. The van der Waals surface area contributed by atoms with Crippen molar-refractivity contribution in [1.29, 1.82) is 0 Å². The van der Waals surface area contributed by atoms with Gasteiger partial charge in [0.25, 0.3) is 0 Å². The molecule has 2 N–H and O–H groups in total. The Balaban J connectivity index is 2.43. The lowest BCUT2D eigenvalue weighted by Gasteiger charge is -2.21. The molecule has 2 radical (unpaired) electrons. The second-order valence-electron chi connectivity index (χ2n) is 5.22. The zero-order valence-electron chi connectivity index (χ0n) is 11.3. The molecule has 17 heavy (non-hydrogen) atoms. The minimum absolute atomic E-state index is 0.297. The number of anilines is 1. The molecule has 0 aromatic heterocycles. The summed E-state index contributed by atoms with van der Waals surface area (Å²) in [5.41, 5.74) is 9.01. The SMILES string of the molecule is CCCC(C)(C)[Si]OCc1ccc(C)c(N)c1. The molecule has 0 aliphatic rings. The van der Waals surface area contributed by atoms with Gasteiger partial charge in [0.1, 0.15) is 0 Å². The molecule has 1 aromatic carbocycles. The van der Waals surface area contributed by atoms with E-state index in [2.05, 4.69) is 26.8 Å². The highest BCUT2D eigenvalue weighted by molar-refractivity contribution is 6.31.